The van der Waals surface area contributed by atoms with Crippen LogP contribution < -0.4 is 5.73 Å². The molecule has 1 rings (SSSR count). The van der Waals surface area contributed by atoms with Gasteiger partial charge in [0.1, 0.15) is 0 Å². The van der Waals surface area contributed by atoms with E-state index in [2.05, 4.69) is 4.99 Å². The summed E-state index contributed by atoms with van der Waals surface area (Å²) in [6.07, 6.45) is 1.80. The van der Waals surface area contributed by atoms with Gasteiger partial charge in [-0.3, -0.25) is 4.99 Å². The summed E-state index contributed by atoms with van der Waals surface area (Å²) in [5, 5.41) is 0. The van der Waals surface area contributed by atoms with Gasteiger partial charge in [-0.05, 0) is 13.0 Å². The summed E-state index contributed by atoms with van der Waals surface area (Å²) in [6.45, 7) is 2.80. The summed E-state index contributed by atoms with van der Waals surface area (Å²) in [4.78, 5) is 4.10. The number of hydrogen-bond acceptors (Lipinski definition) is 2. The van der Waals surface area contributed by atoms with E-state index in [0.29, 0.717) is 0 Å². The van der Waals surface area contributed by atoms with Crippen molar-refractivity contribution in [1.29, 1.82) is 0 Å². The Kier molecular flexibility index (Phi) is 2.66. The zero-order valence-corrected chi connectivity index (χ0v) is 6.62. The van der Waals surface area contributed by atoms with E-state index in [1.54, 1.807) is 6.21 Å². The highest BCUT2D eigenvalue weighted by Gasteiger charge is 1.90. The molecule has 0 saturated carbocycles. The molecular weight excluding hydrogens is 136 g/mol. The molecule has 2 nitrogen and oxygen atoms in total. The number of nitrogens with two attached hydrogens (primary N) is 1. The van der Waals surface area contributed by atoms with E-state index in [1.165, 1.54) is 0 Å². The second kappa shape index (κ2) is 3.76. The fourth-order valence-electron chi connectivity index (χ4n) is 0.818. The molecule has 11 heavy (non-hydrogen) atoms. The first-order valence-electron chi connectivity index (χ1n) is 3.69. The number of nitrogen functional groups attached to an aromatic ring is 1. The van der Waals surface area contributed by atoms with Gasteiger partial charge in [0.2, 0.25) is 0 Å². The smallest absolute Gasteiger partial charge is 0.0403 e. The molecule has 0 amide bonds. The Morgan fingerprint density at radius 2 is 2.18 bits per heavy atom. The van der Waals surface area contributed by atoms with Crippen LogP contribution in [0.3, 0.4) is 0 Å². The Morgan fingerprint density at radius 1 is 1.45 bits per heavy atom. The second-order valence-corrected chi connectivity index (χ2v) is 2.26. The van der Waals surface area contributed by atoms with Gasteiger partial charge in [0.25, 0.3) is 0 Å². The third kappa shape index (κ3) is 2.08. The molecule has 1 aromatic rings. The minimum atomic E-state index is 0.782. The maximum atomic E-state index is 5.67. The Labute approximate surface area is 66.8 Å². The first-order valence-corrected chi connectivity index (χ1v) is 3.69. The van der Waals surface area contributed by atoms with E-state index >= 15 is 0 Å². The number of rotatable bonds is 2. The monoisotopic (exact) mass is 148 g/mol. The van der Waals surface area contributed by atoms with Crippen LogP contribution in [0.25, 0.3) is 0 Å². The molecule has 0 heterocycles. The van der Waals surface area contributed by atoms with Gasteiger partial charge >= 0.3 is 0 Å². The fourth-order valence-corrected chi connectivity index (χ4v) is 0.818. The minimum Gasteiger partial charge on any atom is -0.398 e. The van der Waals surface area contributed by atoms with Crippen molar-refractivity contribution in [3.8, 4) is 0 Å². The van der Waals surface area contributed by atoms with Crippen molar-refractivity contribution in [2.45, 2.75) is 6.92 Å². The van der Waals surface area contributed by atoms with Gasteiger partial charge < -0.3 is 5.73 Å². The van der Waals surface area contributed by atoms with Gasteiger partial charge in [0.15, 0.2) is 0 Å². The van der Waals surface area contributed by atoms with Crippen LogP contribution in [-0.2, 0) is 0 Å². The maximum Gasteiger partial charge on any atom is 0.0403 e. The number of anilines is 1. The highest BCUT2D eigenvalue weighted by atomic mass is 14.7. The fraction of sp³-hybridized carbons (Fsp3) is 0.222. The van der Waals surface area contributed by atoms with E-state index in [-0.39, 0.29) is 0 Å². The van der Waals surface area contributed by atoms with Crippen molar-refractivity contribution < 1.29 is 0 Å². The average molecular weight is 148 g/mol. The molecule has 0 aliphatic carbocycles. The number of hydrogen-bond donors (Lipinski definition) is 1. The molecule has 0 bridgehead atoms. The highest BCUT2D eigenvalue weighted by Crippen LogP contribution is 2.06. The first kappa shape index (κ1) is 7.79. The number of aliphatic imine (C=N–C) groups is 1. The minimum absolute atomic E-state index is 0.782. The van der Waals surface area contributed by atoms with Crippen LogP contribution in [0.2, 0.25) is 0 Å². The molecule has 0 aliphatic rings. The van der Waals surface area contributed by atoms with Gasteiger partial charge in [-0.2, -0.15) is 0 Å². The predicted molar refractivity (Wildman–Crippen MR) is 49.0 cm³/mol. The summed E-state index contributed by atoms with van der Waals surface area (Å²) in [5.41, 5.74) is 7.45. The molecule has 0 spiro atoms. The Bertz CT molecular complexity index is 253. The molecule has 0 unspecified atom stereocenters. The van der Waals surface area contributed by atoms with Crippen molar-refractivity contribution in [1.82, 2.24) is 0 Å². The van der Waals surface area contributed by atoms with Gasteiger partial charge in [-0.1, -0.05) is 18.2 Å². The molecule has 0 aliphatic heterocycles. The normalized spacial score (nSPS) is 10.6. The lowest BCUT2D eigenvalue weighted by atomic mass is 10.2. The maximum absolute atomic E-state index is 5.67. The van der Waals surface area contributed by atoms with Gasteiger partial charge in [0, 0.05) is 24.0 Å². The Balaban J connectivity index is 2.86. The highest BCUT2D eigenvalue weighted by molar-refractivity contribution is 5.86. The summed E-state index contributed by atoms with van der Waals surface area (Å²) in [7, 11) is 0. The van der Waals surface area contributed by atoms with Crippen LogP contribution in [0.15, 0.2) is 29.3 Å². The van der Waals surface area contributed by atoms with Gasteiger partial charge in [-0.25, -0.2) is 0 Å². The number of nitrogens with zero attached hydrogens (tertiary/aromatic N) is 1. The van der Waals surface area contributed by atoms with Crippen molar-refractivity contribution in [3.63, 3.8) is 0 Å². The second-order valence-electron chi connectivity index (χ2n) is 2.26. The summed E-state index contributed by atoms with van der Waals surface area (Å²) in [6, 6.07) is 7.69. The molecule has 0 fully saturated rings. The van der Waals surface area contributed by atoms with E-state index in [0.717, 1.165) is 17.8 Å². The summed E-state index contributed by atoms with van der Waals surface area (Å²) >= 11 is 0. The lowest BCUT2D eigenvalue weighted by molar-refractivity contribution is 1.14. The van der Waals surface area contributed by atoms with Crippen LogP contribution in [0.5, 0.6) is 0 Å². The molecule has 1 aromatic carbocycles. The molecule has 0 radical (unpaired) electrons. The number of benzene rings is 1. The van der Waals surface area contributed by atoms with Crippen molar-refractivity contribution in [3.05, 3.63) is 29.8 Å². The lowest BCUT2D eigenvalue weighted by Crippen LogP contribution is -1.91. The quantitative estimate of drug-likeness (QED) is 0.503. The van der Waals surface area contributed by atoms with E-state index < -0.39 is 0 Å². The molecule has 0 saturated heterocycles. The molecule has 0 aromatic heterocycles. The van der Waals surface area contributed by atoms with Crippen molar-refractivity contribution in [2.24, 2.45) is 4.99 Å². The Hall–Kier alpha value is -1.31. The standard InChI is InChI=1S/C9H12N2/c1-2-11-7-8-5-3-4-6-9(8)10/h3-7H,2,10H2,1H3. The van der Waals surface area contributed by atoms with E-state index in [4.69, 9.17) is 5.73 Å². The first-order chi connectivity index (χ1) is 5.34. The molecular formula is C9H12N2. The lowest BCUT2D eigenvalue weighted by Gasteiger charge is -1.96. The van der Waals surface area contributed by atoms with Gasteiger partial charge in [-0.15, -0.1) is 0 Å². The van der Waals surface area contributed by atoms with Crippen molar-refractivity contribution in [2.75, 3.05) is 12.3 Å². The predicted octanol–water partition coefficient (Wildman–Crippen LogP) is 1.71. The van der Waals surface area contributed by atoms with Crippen LogP contribution >= 0.6 is 0 Å². The molecule has 2 heteroatoms. The topological polar surface area (TPSA) is 38.4 Å². The zero-order valence-electron chi connectivity index (χ0n) is 6.62. The van der Waals surface area contributed by atoms with Crippen LogP contribution in [-0.4, -0.2) is 12.8 Å². The largest absolute Gasteiger partial charge is 0.398 e. The van der Waals surface area contributed by atoms with Crippen LogP contribution in [0.4, 0.5) is 5.69 Å². The number of para-hydroxylation sites is 1. The van der Waals surface area contributed by atoms with Crippen LogP contribution in [0, 0.1) is 0 Å². The van der Waals surface area contributed by atoms with E-state index in [9.17, 15) is 0 Å². The van der Waals surface area contributed by atoms with E-state index in [1.807, 2.05) is 31.2 Å². The summed E-state index contributed by atoms with van der Waals surface area (Å²) in [5.74, 6) is 0. The third-order valence-corrected chi connectivity index (χ3v) is 1.41. The SMILES string of the molecule is CCN=Cc1ccccc1N. The average Bonchev–Trinajstić information content (AvgIpc) is 2.03. The Morgan fingerprint density at radius 3 is 2.82 bits per heavy atom. The molecule has 58 valence electrons. The molecule has 2 N–H and O–H groups in total. The van der Waals surface area contributed by atoms with Gasteiger partial charge in [0.05, 0.1) is 0 Å². The van der Waals surface area contributed by atoms with Crippen molar-refractivity contribution >= 4 is 11.9 Å². The molecule has 0 atom stereocenters. The summed E-state index contributed by atoms with van der Waals surface area (Å²) < 4.78 is 0. The van der Waals surface area contributed by atoms with Crippen LogP contribution in [0.1, 0.15) is 12.5 Å². The zero-order chi connectivity index (χ0) is 8.10. The third-order valence-electron chi connectivity index (χ3n) is 1.41.